The summed E-state index contributed by atoms with van der Waals surface area (Å²) in [4.78, 5) is 15.3. The van der Waals surface area contributed by atoms with Gasteiger partial charge in [-0.1, -0.05) is 29.8 Å². The molecular formula is C20H20N2O3S. The lowest BCUT2D eigenvalue weighted by Crippen LogP contribution is -2.27. The topological polar surface area (TPSA) is 70.2 Å². The van der Waals surface area contributed by atoms with E-state index in [-0.39, 0.29) is 4.90 Å². The van der Waals surface area contributed by atoms with Crippen LogP contribution in [0.5, 0.6) is 0 Å². The van der Waals surface area contributed by atoms with Crippen LogP contribution in [-0.4, -0.2) is 37.1 Å². The highest BCUT2D eigenvalue weighted by Gasteiger charge is 2.27. The van der Waals surface area contributed by atoms with Gasteiger partial charge in [-0.15, -0.1) is 0 Å². The Labute approximate surface area is 152 Å². The second-order valence-corrected chi connectivity index (χ2v) is 8.65. The molecule has 1 aromatic heterocycles. The average Bonchev–Trinajstić information content (AvgIpc) is 3.29. The molecule has 6 heteroatoms. The van der Waals surface area contributed by atoms with Gasteiger partial charge < -0.3 is 4.98 Å². The van der Waals surface area contributed by atoms with Crippen LogP contribution in [0.3, 0.4) is 0 Å². The van der Waals surface area contributed by atoms with Crippen LogP contribution in [0.4, 0.5) is 0 Å². The number of benzene rings is 2. The van der Waals surface area contributed by atoms with Crippen molar-refractivity contribution in [2.45, 2.75) is 24.7 Å². The molecule has 0 unspecified atom stereocenters. The van der Waals surface area contributed by atoms with Crippen molar-refractivity contribution in [3.63, 3.8) is 0 Å². The smallest absolute Gasteiger partial charge is 0.243 e. The Morgan fingerprint density at radius 1 is 1.04 bits per heavy atom. The number of aryl methyl sites for hydroxylation is 1. The summed E-state index contributed by atoms with van der Waals surface area (Å²) in [5.74, 6) is 0. The van der Waals surface area contributed by atoms with E-state index in [0.29, 0.717) is 29.7 Å². The normalized spacial score (nSPS) is 15.6. The second kappa shape index (κ2) is 6.37. The molecule has 0 spiro atoms. The second-order valence-electron chi connectivity index (χ2n) is 6.72. The fourth-order valence-corrected chi connectivity index (χ4v) is 5.04. The first-order valence-electron chi connectivity index (χ1n) is 8.69. The number of H-pyrrole nitrogens is 1. The molecular weight excluding hydrogens is 348 g/mol. The van der Waals surface area contributed by atoms with Crippen molar-refractivity contribution in [1.29, 1.82) is 0 Å². The number of hydrogen-bond acceptors (Lipinski definition) is 3. The molecule has 5 nitrogen and oxygen atoms in total. The van der Waals surface area contributed by atoms with E-state index in [1.165, 1.54) is 4.31 Å². The van der Waals surface area contributed by atoms with Crippen molar-refractivity contribution < 1.29 is 13.2 Å². The summed E-state index contributed by atoms with van der Waals surface area (Å²) in [7, 11) is -3.51. The minimum Gasteiger partial charge on any atom is -0.354 e. The summed E-state index contributed by atoms with van der Waals surface area (Å²) >= 11 is 0. The van der Waals surface area contributed by atoms with E-state index >= 15 is 0 Å². The first-order chi connectivity index (χ1) is 12.5. The molecule has 1 N–H and O–H groups in total. The number of carbonyl (C=O) groups is 1. The van der Waals surface area contributed by atoms with Gasteiger partial charge in [0.2, 0.25) is 10.0 Å². The SMILES string of the molecule is Cc1ccc(-c2[nH]c3ccc(S(=O)(=O)N4CCCC4)cc3c2C=O)cc1. The number of rotatable bonds is 4. The molecule has 0 bridgehead atoms. The Morgan fingerprint density at radius 3 is 2.38 bits per heavy atom. The molecule has 1 aliphatic heterocycles. The van der Waals surface area contributed by atoms with E-state index in [0.717, 1.165) is 35.8 Å². The molecule has 2 aromatic carbocycles. The molecule has 1 fully saturated rings. The maximum Gasteiger partial charge on any atom is 0.243 e. The Kier molecular flexibility index (Phi) is 4.17. The van der Waals surface area contributed by atoms with Gasteiger partial charge in [-0.3, -0.25) is 4.79 Å². The van der Waals surface area contributed by atoms with Gasteiger partial charge >= 0.3 is 0 Å². The zero-order valence-electron chi connectivity index (χ0n) is 14.5. The third-order valence-corrected chi connectivity index (χ3v) is 6.87. The Balaban J connectivity index is 1.86. The van der Waals surface area contributed by atoms with Gasteiger partial charge in [-0.05, 0) is 43.5 Å². The Hall–Kier alpha value is -2.44. The van der Waals surface area contributed by atoms with Crippen LogP contribution in [0.15, 0.2) is 47.4 Å². The van der Waals surface area contributed by atoms with Crippen molar-refractivity contribution in [1.82, 2.24) is 9.29 Å². The predicted octanol–water partition coefficient (Wildman–Crippen LogP) is 3.74. The lowest BCUT2D eigenvalue weighted by molar-refractivity contribution is 0.112. The minimum atomic E-state index is -3.51. The molecule has 26 heavy (non-hydrogen) atoms. The highest BCUT2D eigenvalue weighted by Crippen LogP contribution is 2.32. The van der Waals surface area contributed by atoms with Gasteiger partial charge in [0, 0.05) is 29.6 Å². The van der Waals surface area contributed by atoms with E-state index in [9.17, 15) is 13.2 Å². The van der Waals surface area contributed by atoms with E-state index in [4.69, 9.17) is 0 Å². The molecule has 3 aromatic rings. The molecule has 4 rings (SSSR count). The highest BCUT2D eigenvalue weighted by atomic mass is 32.2. The summed E-state index contributed by atoms with van der Waals surface area (Å²) in [5, 5.41) is 0.635. The van der Waals surface area contributed by atoms with Crippen LogP contribution in [0.2, 0.25) is 0 Å². The van der Waals surface area contributed by atoms with Crippen LogP contribution >= 0.6 is 0 Å². The van der Waals surface area contributed by atoms with Crippen molar-refractivity contribution >= 4 is 27.2 Å². The van der Waals surface area contributed by atoms with Gasteiger partial charge in [-0.2, -0.15) is 4.31 Å². The summed E-state index contributed by atoms with van der Waals surface area (Å²) < 4.78 is 27.2. The first-order valence-corrected chi connectivity index (χ1v) is 10.1. The molecule has 0 radical (unpaired) electrons. The number of aromatic amines is 1. The third-order valence-electron chi connectivity index (χ3n) is 4.97. The third kappa shape index (κ3) is 2.75. The average molecular weight is 368 g/mol. The monoisotopic (exact) mass is 368 g/mol. The lowest BCUT2D eigenvalue weighted by atomic mass is 10.1. The summed E-state index contributed by atoms with van der Waals surface area (Å²) in [6.07, 6.45) is 2.58. The molecule has 1 saturated heterocycles. The van der Waals surface area contributed by atoms with Gasteiger partial charge in [0.1, 0.15) is 0 Å². The van der Waals surface area contributed by atoms with E-state index in [1.54, 1.807) is 18.2 Å². The number of fused-ring (bicyclic) bond motifs is 1. The zero-order chi connectivity index (χ0) is 18.3. The zero-order valence-corrected chi connectivity index (χ0v) is 15.3. The van der Waals surface area contributed by atoms with Gasteiger partial charge in [0.25, 0.3) is 0 Å². The minimum absolute atomic E-state index is 0.240. The maximum atomic E-state index is 12.8. The fraction of sp³-hybridized carbons (Fsp3) is 0.250. The van der Waals surface area contributed by atoms with Gasteiger partial charge in [0.15, 0.2) is 6.29 Å². The molecule has 1 aliphatic rings. The number of nitrogens with one attached hydrogen (secondary N) is 1. The number of nitrogens with zero attached hydrogens (tertiary/aromatic N) is 1. The summed E-state index contributed by atoms with van der Waals surface area (Å²) in [6.45, 7) is 3.12. The number of aromatic nitrogens is 1. The van der Waals surface area contributed by atoms with Crippen molar-refractivity contribution in [2.24, 2.45) is 0 Å². The van der Waals surface area contributed by atoms with Crippen LogP contribution in [0, 0.1) is 6.92 Å². The number of hydrogen-bond donors (Lipinski definition) is 1. The van der Waals surface area contributed by atoms with Gasteiger partial charge in [0.05, 0.1) is 10.6 Å². The van der Waals surface area contributed by atoms with Crippen LogP contribution in [0.25, 0.3) is 22.2 Å². The predicted molar refractivity (Wildman–Crippen MR) is 102 cm³/mol. The standard InChI is InChI=1S/C20H20N2O3S/c1-14-4-6-15(7-5-14)20-18(13-23)17-12-16(8-9-19(17)21-20)26(24,25)22-10-2-3-11-22/h4-9,12-13,21H,2-3,10-11H2,1H3. The van der Waals surface area contributed by atoms with Crippen molar-refractivity contribution in [2.75, 3.05) is 13.1 Å². The van der Waals surface area contributed by atoms with E-state index in [1.807, 2.05) is 31.2 Å². The van der Waals surface area contributed by atoms with Crippen molar-refractivity contribution in [3.05, 3.63) is 53.6 Å². The highest BCUT2D eigenvalue weighted by molar-refractivity contribution is 7.89. The largest absolute Gasteiger partial charge is 0.354 e. The molecule has 2 heterocycles. The molecule has 0 aliphatic carbocycles. The van der Waals surface area contributed by atoms with Gasteiger partial charge in [-0.25, -0.2) is 8.42 Å². The lowest BCUT2D eigenvalue weighted by Gasteiger charge is -2.15. The molecule has 0 atom stereocenters. The van der Waals surface area contributed by atoms with Crippen LogP contribution < -0.4 is 0 Å². The maximum absolute atomic E-state index is 12.8. The Bertz CT molecular complexity index is 1080. The quantitative estimate of drug-likeness (QED) is 0.713. The molecule has 0 amide bonds. The van der Waals surface area contributed by atoms with Crippen molar-refractivity contribution in [3.8, 4) is 11.3 Å². The van der Waals surface area contributed by atoms with Crippen LogP contribution in [0.1, 0.15) is 28.8 Å². The molecule has 134 valence electrons. The first kappa shape index (κ1) is 17.0. The Morgan fingerprint density at radius 2 is 1.73 bits per heavy atom. The van der Waals surface area contributed by atoms with Crippen LogP contribution in [-0.2, 0) is 10.0 Å². The summed E-state index contributed by atoms with van der Waals surface area (Å²) in [6, 6.07) is 12.8. The summed E-state index contributed by atoms with van der Waals surface area (Å²) in [5.41, 5.74) is 3.99. The number of aldehydes is 1. The number of sulfonamides is 1. The van der Waals surface area contributed by atoms with E-state index in [2.05, 4.69) is 4.98 Å². The fourth-order valence-electron chi connectivity index (χ4n) is 3.50. The number of carbonyl (C=O) groups excluding carboxylic acids is 1. The molecule has 0 saturated carbocycles. The van der Waals surface area contributed by atoms with E-state index < -0.39 is 10.0 Å².